The lowest BCUT2D eigenvalue weighted by molar-refractivity contribution is -0.130. The molecule has 6 heteroatoms. The minimum absolute atomic E-state index is 0.0530. The summed E-state index contributed by atoms with van der Waals surface area (Å²) in [4.78, 5) is 24.7. The zero-order chi connectivity index (χ0) is 24.2. The number of nitrogens with zero attached hydrogens (tertiary/aromatic N) is 1. The predicted molar refractivity (Wildman–Crippen MR) is 131 cm³/mol. The zero-order valence-corrected chi connectivity index (χ0v) is 19.8. The number of hydrogen-bond donors (Lipinski definition) is 1. The first-order valence-corrected chi connectivity index (χ1v) is 11.3. The molecule has 0 aliphatic rings. The van der Waals surface area contributed by atoms with Gasteiger partial charge in [-0.2, -0.15) is 0 Å². The van der Waals surface area contributed by atoms with Crippen LogP contribution in [0.25, 0.3) is 10.8 Å². The monoisotopic (exact) mass is 451 g/mol. The molecule has 0 aliphatic heterocycles. The van der Waals surface area contributed by atoms with E-state index >= 15 is 0 Å². The number of benzene rings is 3. The van der Waals surface area contributed by atoms with Gasteiger partial charge in [-0.15, -0.1) is 0 Å². The fraction of sp³-hybridized carbons (Fsp3) is 0.333. The second kappa shape index (κ2) is 13.1. The number of fused-ring (bicyclic) bond motifs is 1. The first-order chi connectivity index (χ1) is 16.0. The molecular weight excluding hydrogens is 418 g/mol. The van der Waals surface area contributed by atoms with Crippen LogP contribution in [0.2, 0.25) is 0 Å². The van der Waals surface area contributed by atoms with Crippen molar-refractivity contribution in [3.05, 3.63) is 72.3 Å². The summed E-state index contributed by atoms with van der Waals surface area (Å²) in [5, 5.41) is 11.2. The standard InChI is InChI=1S/C25H27NO5.C2H6/c1-3-24(27)26(2)17-23(14-15-30-21-11-9-19(10-12-21)25(28)29)31-22-13-8-18-6-4-5-7-20(18)16-22;1-2/h4-13,16,23H,3,14-15,17H2,1-2H3,(H,28,29);1-2H3. The van der Waals surface area contributed by atoms with Gasteiger partial charge in [-0.1, -0.05) is 51.1 Å². The number of carboxylic acids is 1. The van der Waals surface area contributed by atoms with Crippen molar-refractivity contribution in [3.63, 3.8) is 0 Å². The predicted octanol–water partition coefficient (Wildman–Crippen LogP) is 5.65. The van der Waals surface area contributed by atoms with Crippen molar-refractivity contribution in [1.29, 1.82) is 0 Å². The second-order valence-electron chi connectivity index (χ2n) is 7.34. The minimum atomic E-state index is -0.973. The van der Waals surface area contributed by atoms with Crippen LogP contribution in [0.5, 0.6) is 11.5 Å². The molecule has 0 aromatic heterocycles. The Kier molecular flexibility index (Phi) is 10.2. The highest BCUT2D eigenvalue weighted by Crippen LogP contribution is 2.22. The van der Waals surface area contributed by atoms with Gasteiger partial charge < -0.3 is 19.5 Å². The van der Waals surface area contributed by atoms with E-state index in [1.165, 1.54) is 12.1 Å². The largest absolute Gasteiger partial charge is 0.493 e. The average Bonchev–Trinajstić information content (AvgIpc) is 2.84. The molecule has 1 atom stereocenters. The molecule has 0 saturated heterocycles. The Morgan fingerprint density at radius 3 is 2.21 bits per heavy atom. The molecule has 1 unspecified atom stereocenters. The van der Waals surface area contributed by atoms with Crippen LogP contribution in [-0.2, 0) is 4.79 Å². The summed E-state index contributed by atoms with van der Waals surface area (Å²) in [7, 11) is 1.77. The van der Waals surface area contributed by atoms with Crippen LogP contribution in [0.1, 0.15) is 44.0 Å². The van der Waals surface area contributed by atoms with Crippen molar-refractivity contribution in [2.75, 3.05) is 20.2 Å². The number of rotatable bonds is 10. The Bertz CT molecular complexity index is 1030. The maximum atomic E-state index is 12.0. The van der Waals surface area contributed by atoms with E-state index in [2.05, 4.69) is 0 Å². The highest BCUT2D eigenvalue weighted by atomic mass is 16.5. The van der Waals surface area contributed by atoms with Gasteiger partial charge in [0.25, 0.3) is 0 Å². The van der Waals surface area contributed by atoms with Crippen LogP contribution in [0.3, 0.4) is 0 Å². The Labute approximate surface area is 195 Å². The number of carbonyl (C=O) groups is 2. The van der Waals surface area contributed by atoms with Crippen molar-refractivity contribution < 1.29 is 24.2 Å². The number of carboxylic acid groups (broad SMARTS) is 1. The first kappa shape index (κ1) is 25.7. The van der Waals surface area contributed by atoms with Gasteiger partial charge in [0.15, 0.2) is 0 Å². The van der Waals surface area contributed by atoms with E-state index < -0.39 is 5.97 Å². The number of likely N-dealkylation sites (N-methyl/N-ethyl adjacent to an activating group) is 1. The first-order valence-electron chi connectivity index (χ1n) is 11.3. The van der Waals surface area contributed by atoms with E-state index in [9.17, 15) is 9.59 Å². The SMILES string of the molecule is CC.CCC(=O)N(C)CC(CCOc1ccc(C(=O)O)cc1)Oc1ccc2ccccc2c1. The van der Waals surface area contributed by atoms with E-state index in [-0.39, 0.29) is 17.6 Å². The third-order valence-electron chi connectivity index (χ3n) is 5.04. The van der Waals surface area contributed by atoms with Crippen LogP contribution in [0, 0.1) is 0 Å². The highest BCUT2D eigenvalue weighted by molar-refractivity contribution is 5.87. The molecule has 0 aliphatic carbocycles. The molecule has 0 fully saturated rings. The van der Waals surface area contributed by atoms with Crippen LogP contribution in [0.4, 0.5) is 0 Å². The molecule has 0 saturated carbocycles. The van der Waals surface area contributed by atoms with Crippen molar-refractivity contribution in [3.8, 4) is 11.5 Å². The molecule has 0 bridgehead atoms. The lowest BCUT2D eigenvalue weighted by Crippen LogP contribution is -2.37. The minimum Gasteiger partial charge on any atom is -0.493 e. The Hall–Kier alpha value is -3.54. The molecular formula is C27H33NO5. The van der Waals surface area contributed by atoms with Gasteiger partial charge in [0.05, 0.1) is 18.7 Å². The molecule has 33 heavy (non-hydrogen) atoms. The molecule has 0 spiro atoms. The van der Waals surface area contributed by atoms with E-state index in [4.69, 9.17) is 14.6 Å². The Balaban J connectivity index is 0.00000187. The molecule has 0 heterocycles. The lowest BCUT2D eigenvalue weighted by atomic mass is 10.1. The van der Waals surface area contributed by atoms with Gasteiger partial charge in [-0.05, 0) is 47.2 Å². The molecule has 3 aromatic carbocycles. The quantitative estimate of drug-likeness (QED) is 0.431. The van der Waals surface area contributed by atoms with E-state index in [0.717, 1.165) is 16.5 Å². The van der Waals surface area contributed by atoms with Gasteiger partial charge in [0.1, 0.15) is 17.6 Å². The van der Waals surface area contributed by atoms with E-state index in [0.29, 0.717) is 31.7 Å². The summed E-state index contributed by atoms with van der Waals surface area (Å²) in [5.74, 6) is 0.413. The van der Waals surface area contributed by atoms with Crippen molar-refractivity contribution in [2.45, 2.75) is 39.7 Å². The van der Waals surface area contributed by atoms with Crippen molar-refractivity contribution in [1.82, 2.24) is 4.90 Å². The van der Waals surface area contributed by atoms with Gasteiger partial charge in [-0.25, -0.2) is 4.79 Å². The van der Waals surface area contributed by atoms with E-state index in [1.807, 2.05) is 63.2 Å². The fourth-order valence-corrected chi connectivity index (χ4v) is 3.30. The summed E-state index contributed by atoms with van der Waals surface area (Å²) in [6, 6.07) is 20.3. The summed E-state index contributed by atoms with van der Waals surface area (Å²) >= 11 is 0. The van der Waals surface area contributed by atoms with Crippen molar-refractivity contribution >= 4 is 22.6 Å². The number of ether oxygens (including phenoxy) is 2. The maximum absolute atomic E-state index is 12.0. The number of hydrogen-bond acceptors (Lipinski definition) is 4. The topological polar surface area (TPSA) is 76.1 Å². The summed E-state index contributed by atoms with van der Waals surface area (Å²) in [5.41, 5.74) is 0.213. The Morgan fingerprint density at radius 1 is 0.939 bits per heavy atom. The third-order valence-corrected chi connectivity index (χ3v) is 5.04. The van der Waals surface area contributed by atoms with Gasteiger partial charge in [0.2, 0.25) is 5.91 Å². The van der Waals surface area contributed by atoms with Crippen LogP contribution < -0.4 is 9.47 Å². The summed E-state index contributed by atoms with van der Waals surface area (Å²) in [6.07, 6.45) is 0.750. The third kappa shape index (κ3) is 7.83. The maximum Gasteiger partial charge on any atom is 0.335 e. The smallest absolute Gasteiger partial charge is 0.335 e. The lowest BCUT2D eigenvalue weighted by Gasteiger charge is -2.25. The van der Waals surface area contributed by atoms with Gasteiger partial charge in [0, 0.05) is 19.9 Å². The zero-order valence-electron chi connectivity index (χ0n) is 19.8. The molecule has 176 valence electrons. The van der Waals surface area contributed by atoms with Gasteiger partial charge >= 0.3 is 5.97 Å². The summed E-state index contributed by atoms with van der Waals surface area (Å²) < 4.78 is 12.0. The number of aromatic carboxylic acids is 1. The average molecular weight is 452 g/mol. The van der Waals surface area contributed by atoms with Crippen LogP contribution in [-0.4, -0.2) is 48.2 Å². The fourth-order valence-electron chi connectivity index (χ4n) is 3.30. The van der Waals surface area contributed by atoms with Crippen LogP contribution in [0.15, 0.2) is 66.7 Å². The normalized spacial score (nSPS) is 11.2. The molecule has 0 radical (unpaired) electrons. The van der Waals surface area contributed by atoms with Gasteiger partial charge in [-0.3, -0.25) is 4.79 Å². The summed E-state index contributed by atoms with van der Waals surface area (Å²) in [6.45, 7) is 6.65. The number of amides is 1. The van der Waals surface area contributed by atoms with E-state index in [1.54, 1.807) is 24.1 Å². The second-order valence-corrected chi connectivity index (χ2v) is 7.34. The molecule has 1 N–H and O–H groups in total. The molecule has 3 rings (SSSR count). The number of carbonyl (C=O) groups excluding carboxylic acids is 1. The van der Waals surface area contributed by atoms with Crippen LogP contribution >= 0.6 is 0 Å². The molecule has 6 nitrogen and oxygen atoms in total. The highest BCUT2D eigenvalue weighted by Gasteiger charge is 2.17. The molecule has 3 aromatic rings. The molecule has 1 amide bonds. The van der Waals surface area contributed by atoms with Crippen molar-refractivity contribution in [2.24, 2.45) is 0 Å². The Morgan fingerprint density at radius 2 is 1.58 bits per heavy atom.